The zero-order valence-corrected chi connectivity index (χ0v) is 26.6. The summed E-state index contributed by atoms with van der Waals surface area (Å²) in [6.45, 7) is 5.80. The third-order valence-corrected chi connectivity index (χ3v) is 7.21. The summed E-state index contributed by atoms with van der Waals surface area (Å²) in [5, 5.41) is 12.8. The molecule has 12 nitrogen and oxygen atoms in total. The first-order valence-corrected chi connectivity index (χ1v) is 15.2. The van der Waals surface area contributed by atoms with Gasteiger partial charge in [-0.2, -0.15) is 0 Å². The molecule has 0 fully saturated rings. The number of amides is 1. The molecule has 0 spiro atoms. The van der Waals surface area contributed by atoms with Gasteiger partial charge in [-0.05, 0) is 85.8 Å². The zero-order chi connectivity index (χ0) is 33.9. The fourth-order valence-corrected chi connectivity index (χ4v) is 5.01. The van der Waals surface area contributed by atoms with Crippen LogP contribution in [0.25, 0.3) is 10.4 Å². The Balaban J connectivity index is 1.74. The van der Waals surface area contributed by atoms with E-state index in [-0.39, 0.29) is 44.3 Å². The van der Waals surface area contributed by atoms with Crippen molar-refractivity contribution in [1.82, 2.24) is 10.9 Å². The van der Waals surface area contributed by atoms with Crippen LogP contribution in [0.3, 0.4) is 0 Å². The first-order chi connectivity index (χ1) is 22.5. The average molecular weight is 647 g/mol. The van der Waals surface area contributed by atoms with Crippen molar-refractivity contribution in [3.8, 4) is 5.75 Å². The second-order valence-corrected chi connectivity index (χ2v) is 11.9. The number of aliphatic imine (C=N–C) groups is 1. The molecule has 0 aromatic heterocycles. The lowest BCUT2D eigenvalue weighted by Gasteiger charge is -2.31. The van der Waals surface area contributed by atoms with Crippen molar-refractivity contribution < 1.29 is 33.3 Å². The third kappa shape index (κ3) is 9.52. The Morgan fingerprint density at radius 1 is 1.11 bits per heavy atom. The highest BCUT2D eigenvalue weighted by Gasteiger charge is 2.54. The fraction of sp³-hybridized carbons (Fsp3) is 0.382. The van der Waals surface area contributed by atoms with Crippen molar-refractivity contribution in [2.24, 2.45) is 10.1 Å². The van der Waals surface area contributed by atoms with Gasteiger partial charge in [0.15, 0.2) is 11.6 Å². The Morgan fingerprint density at radius 3 is 2.51 bits per heavy atom. The number of nitrogens with zero attached hydrogens (tertiary/aromatic N) is 4. The summed E-state index contributed by atoms with van der Waals surface area (Å²) < 4.78 is 31.1. The van der Waals surface area contributed by atoms with E-state index in [0.29, 0.717) is 35.5 Å². The second-order valence-electron chi connectivity index (χ2n) is 11.9. The molecule has 0 saturated heterocycles. The summed E-state index contributed by atoms with van der Waals surface area (Å²) in [6.07, 6.45) is -0.787. The highest BCUT2D eigenvalue weighted by Crippen LogP contribution is 2.44. The number of hydrogen-bond acceptors (Lipinski definition) is 9. The lowest BCUT2D eigenvalue weighted by molar-refractivity contribution is -0.155. The molecule has 0 bridgehead atoms. The Hall–Kier alpha value is -4.97. The summed E-state index contributed by atoms with van der Waals surface area (Å²) in [7, 11) is 0. The Labute approximate surface area is 272 Å². The standard InChI is InChI=1S/C34H39FN6O6/c1-33(2,3)47-29(43)17-18-34(32(44)40-37-21-23-9-13-26(35)14-10-23)30(28-8-5-4-7-25(28)22-38-41-36)46-31(39-34)24-11-15-27(16-12-24)45-20-6-19-42/h4-5,7-16,30,37,42H,6,17-22H2,1-3H3,(H,40,44)/t30-,34-/m0/s1. The van der Waals surface area contributed by atoms with Gasteiger partial charge in [0.2, 0.25) is 5.90 Å². The summed E-state index contributed by atoms with van der Waals surface area (Å²) in [5.41, 5.74) is 14.7. The van der Waals surface area contributed by atoms with E-state index >= 15 is 0 Å². The maximum atomic E-state index is 14.3. The minimum absolute atomic E-state index is 0.00563. The number of hydrogen-bond donors (Lipinski definition) is 3. The molecule has 0 saturated carbocycles. The largest absolute Gasteiger partial charge is 0.494 e. The van der Waals surface area contributed by atoms with Crippen molar-refractivity contribution in [2.45, 2.75) is 70.4 Å². The molecule has 1 heterocycles. The Kier molecular flexibility index (Phi) is 11.9. The van der Waals surface area contributed by atoms with Gasteiger partial charge in [0.25, 0.3) is 5.91 Å². The normalized spacial score (nSPS) is 17.2. The van der Waals surface area contributed by atoms with E-state index in [2.05, 4.69) is 20.9 Å². The molecule has 3 N–H and O–H groups in total. The van der Waals surface area contributed by atoms with Gasteiger partial charge >= 0.3 is 5.97 Å². The molecule has 0 radical (unpaired) electrons. The highest BCUT2D eigenvalue weighted by molar-refractivity contribution is 6.01. The third-order valence-electron chi connectivity index (χ3n) is 7.21. The maximum absolute atomic E-state index is 14.3. The molecule has 0 unspecified atom stereocenters. The molecule has 3 aromatic carbocycles. The molecule has 13 heteroatoms. The van der Waals surface area contributed by atoms with Crippen LogP contribution in [0.15, 0.2) is 82.9 Å². The number of hydrazine groups is 1. The van der Waals surface area contributed by atoms with E-state index in [1.54, 1.807) is 81.4 Å². The van der Waals surface area contributed by atoms with Crippen LogP contribution < -0.4 is 15.6 Å². The number of azide groups is 1. The number of ether oxygens (including phenoxy) is 3. The minimum atomic E-state index is -1.68. The van der Waals surface area contributed by atoms with Crippen LogP contribution in [0.5, 0.6) is 5.75 Å². The molecule has 2 atom stereocenters. The molecular formula is C34H39FN6O6. The van der Waals surface area contributed by atoms with Crippen molar-refractivity contribution in [2.75, 3.05) is 13.2 Å². The predicted octanol–water partition coefficient (Wildman–Crippen LogP) is 5.60. The van der Waals surface area contributed by atoms with Gasteiger partial charge in [0.1, 0.15) is 17.2 Å². The molecule has 248 valence electrons. The monoisotopic (exact) mass is 646 g/mol. The Morgan fingerprint density at radius 2 is 1.83 bits per heavy atom. The van der Waals surface area contributed by atoms with Crippen molar-refractivity contribution in [3.63, 3.8) is 0 Å². The number of aliphatic hydroxyl groups excluding tert-OH is 1. The number of nitrogens with one attached hydrogen (secondary N) is 2. The van der Waals surface area contributed by atoms with Gasteiger partial charge in [0, 0.05) is 36.5 Å². The molecular weight excluding hydrogens is 607 g/mol. The molecule has 1 amide bonds. The van der Waals surface area contributed by atoms with E-state index in [1.807, 2.05) is 0 Å². The summed E-state index contributed by atoms with van der Waals surface area (Å²) in [4.78, 5) is 35.1. The van der Waals surface area contributed by atoms with Gasteiger partial charge in [-0.3, -0.25) is 15.0 Å². The van der Waals surface area contributed by atoms with Crippen LogP contribution in [0.2, 0.25) is 0 Å². The Bertz CT molecular complexity index is 1600. The SMILES string of the molecule is CC(C)(C)OC(=O)CC[C@]1(C(=O)NNCc2ccc(F)cc2)N=C(c2ccc(OCCCO)cc2)O[C@H]1c1ccccc1CN=[N+]=[N-]. The van der Waals surface area contributed by atoms with Crippen LogP contribution in [-0.4, -0.2) is 47.2 Å². The van der Waals surface area contributed by atoms with E-state index in [1.165, 1.54) is 12.1 Å². The van der Waals surface area contributed by atoms with Crippen molar-refractivity contribution in [1.29, 1.82) is 0 Å². The van der Waals surface area contributed by atoms with Gasteiger partial charge in [-0.1, -0.05) is 41.5 Å². The number of carbonyl (C=O) groups is 2. The number of rotatable bonds is 15. The van der Waals surface area contributed by atoms with Crippen LogP contribution in [0.1, 0.15) is 68.4 Å². The molecule has 47 heavy (non-hydrogen) atoms. The van der Waals surface area contributed by atoms with Crippen LogP contribution >= 0.6 is 0 Å². The van der Waals surface area contributed by atoms with Crippen LogP contribution in [-0.2, 0) is 32.2 Å². The lowest BCUT2D eigenvalue weighted by atomic mass is 9.82. The topological polar surface area (TPSA) is 167 Å². The summed E-state index contributed by atoms with van der Waals surface area (Å²) in [5.74, 6) is -0.732. The van der Waals surface area contributed by atoms with Gasteiger partial charge in [-0.15, -0.1) is 0 Å². The summed E-state index contributed by atoms with van der Waals surface area (Å²) in [6, 6.07) is 19.9. The first-order valence-electron chi connectivity index (χ1n) is 15.2. The zero-order valence-electron chi connectivity index (χ0n) is 26.6. The number of carbonyl (C=O) groups excluding carboxylic acids is 2. The van der Waals surface area contributed by atoms with Gasteiger partial charge in [-0.25, -0.2) is 14.8 Å². The average Bonchev–Trinajstić information content (AvgIpc) is 3.44. The quantitative estimate of drug-likeness (QED) is 0.0483. The molecule has 3 aromatic rings. The van der Waals surface area contributed by atoms with E-state index in [4.69, 9.17) is 29.8 Å². The number of halogens is 1. The first kappa shape index (κ1) is 34.9. The van der Waals surface area contributed by atoms with Crippen molar-refractivity contribution >= 4 is 17.8 Å². The lowest BCUT2D eigenvalue weighted by Crippen LogP contribution is -2.53. The summed E-state index contributed by atoms with van der Waals surface area (Å²) >= 11 is 0. The predicted molar refractivity (Wildman–Crippen MR) is 172 cm³/mol. The molecule has 1 aliphatic rings. The number of esters is 1. The minimum Gasteiger partial charge on any atom is -0.494 e. The number of benzene rings is 3. The van der Waals surface area contributed by atoms with E-state index < -0.39 is 29.1 Å². The number of aliphatic hydroxyl groups is 1. The molecule has 0 aliphatic carbocycles. The second kappa shape index (κ2) is 16.0. The van der Waals surface area contributed by atoms with E-state index in [0.717, 1.165) is 5.56 Å². The molecule has 1 aliphatic heterocycles. The van der Waals surface area contributed by atoms with Crippen molar-refractivity contribution in [3.05, 3.63) is 111 Å². The molecule has 4 rings (SSSR count). The maximum Gasteiger partial charge on any atom is 0.306 e. The highest BCUT2D eigenvalue weighted by atomic mass is 19.1. The van der Waals surface area contributed by atoms with E-state index in [9.17, 15) is 14.0 Å². The van der Waals surface area contributed by atoms with Gasteiger partial charge in [0.05, 0.1) is 13.2 Å². The van der Waals surface area contributed by atoms with Crippen LogP contribution in [0, 0.1) is 5.82 Å². The van der Waals surface area contributed by atoms with Gasteiger partial charge < -0.3 is 19.3 Å². The van der Waals surface area contributed by atoms with Crippen LogP contribution in [0.4, 0.5) is 4.39 Å². The fourth-order valence-electron chi connectivity index (χ4n) is 5.01. The smallest absolute Gasteiger partial charge is 0.306 e.